The van der Waals surface area contributed by atoms with Crippen molar-refractivity contribution in [1.29, 1.82) is 5.26 Å². The molecule has 1 aromatic heterocycles. The van der Waals surface area contributed by atoms with Crippen LogP contribution in [0.1, 0.15) is 35.2 Å². The van der Waals surface area contributed by atoms with E-state index in [2.05, 4.69) is 204 Å². The van der Waals surface area contributed by atoms with Gasteiger partial charge in [-0.15, -0.1) is 0 Å². The summed E-state index contributed by atoms with van der Waals surface area (Å²) in [7, 11) is 0. The highest BCUT2D eigenvalue weighted by Crippen LogP contribution is 2.57. The van der Waals surface area contributed by atoms with Crippen LogP contribution in [0.5, 0.6) is 0 Å². The Morgan fingerprint density at radius 1 is 0.455 bits per heavy atom. The van der Waals surface area contributed by atoms with Crippen molar-refractivity contribution in [1.82, 2.24) is 4.57 Å². The molecule has 0 fully saturated rings. The molecule has 3 nitrogen and oxygen atoms in total. The van der Waals surface area contributed by atoms with E-state index in [-0.39, 0.29) is 15.8 Å². The van der Waals surface area contributed by atoms with Gasteiger partial charge in [0.25, 0.3) is 0 Å². The highest BCUT2D eigenvalue weighted by Gasteiger charge is 2.46. The van der Waals surface area contributed by atoms with Crippen molar-refractivity contribution in [2.24, 2.45) is 0 Å². The van der Waals surface area contributed by atoms with E-state index < -0.39 is 5.41 Å². The number of hydrogen-bond donors (Lipinski definition) is 0. The summed E-state index contributed by atoms with van der Waals surface area (Å²) in [4.78, 5) is 2.33. The average Bonchev–Trinajstić information content (AvgIpc) is 3.72. The third kappa shape index (κ3) is 5.36. The molecule has 4 heteroatoms. The van der Waals surface area contributed by atoms with Gasteiger partial charge in [0, 0.05) is 41.9 Å². The van der Waals surface area contributed by atoms with E-state index in [1.54, 1.807) is 0 Å². The maximum absolute atomic E-state index is 9.72. The summed E-state index contributed by atoms with van der Waals surface area (Å²) in [6.07, 6.45) is 0. The highest BCUT2D eigenvalue weighted by atomic mass is 15.1. The molecule has 259 valence electrons. The first-order valence-corrected chi connectivity index (χ1v) is 18.0. The molecule has 0 saturated heterocycles. The van der Waals surface area contributed by atoms with Crippen molar-refractivity contribution in [3.63, 3.8) is 0 Å². The van der Waals surface area contributed by atoms with E-state index in [9.17, 15) is 5.26 Å². The van der Waals surface area contributed by atoms with Gasteiger partial charge >= 0.3 is 0 Å². The maximum atomic E-state index is 9.72. The van der Waals surface area contributed by atoms with E-state index in [1.807, 2.05) is 12.1 Å². The Balaban J connectivity index is 0.00000214. The van der Waals surface area contributed by atoms with Crippen LogP contribution in [0.2, 0.25) is 0 Å². The number of nitriles is 1. The summed E-state index contributed by atoms with van der Waals surface area (Å²) in [6, 6.07) is 73.9. The highest BCUT2D eigenvalue weighted by molar-refractivity contribution is 6.10. The van der Waals surface area contributed by atoms with E-state index >= 15 is 0 Å². The second-order valence-corrected chi connectivity index (χ2v) is 13.6. The summed E-state index contributed by atoms with van der Waals surface area (Å²) in [5.74, 6) is 0. The predicted molar refractivity (Wildman–Crippen MR) is 230 cm³/mol. The Hall–Kier alpha value is -7.09. The smallest absolute Gasteiger partial charge is 0.0991 e. The Morgan fingerprint density at radius 3 is 1.67 bits per heavy atom. The molecule has 1 heterocycles. The number of aromatic nitrogens is 1. The first kappa shape index (κ1) is 35.0. The van der Waals surface area contributed by atoms with Crippen LogP contribution in [0.25, 0.3) is 38.6 Å². The summed E-state index contributed by atoms with van der Waals surface area (Å²) in [5, 5.41) is 12.1. The lowest BCUT2D eigenvalue weighted by molar-refractivity contribution is 0.768. The SMILES string of the molecule is C.N#Cc1ccc(N(c2ccc3c(c2)C(c2ccccc2)(c2ccccc2)c2ccccc2-3)c2ccc3c(c2)c2ccccc2n3-c2ccccc2)cc1.[B]. The van der Waals surface area contributed by atoms with Gasteiger partial charge in [-0.05, 0) is 106 Å². The standard InChI is InChI=1S/C50H33N3.CH4.B/c51-34-35-24-26-39(27-25-35)52(40-29-31-49-45(32-40)44-21-11-13-23-48(44)53(49)38-18-8-3-9-19-38)41-28-30-43-42-20-10-12-22-46(42)50(47(43)33-41,36-14-4-1-5-15-36)37-16-6-2-7-17-37;;/h1-33H;1H4;. The second kappa shape index (κ2) is 14.0. The topological polar surface area (TPSA) is 32.0 Å². The summed E-state index contributed by atoms with van der Waals surface area (Å²) < 4.78 is 2.35. The number of para-hydroxylation sites is 2. The number of anilines is 3. The molecule has 0 aliphatic heterocycles. The Labute approximate surface area is 324 Å². The number of nitrogens with zero attached hydrogens (tertiary/aromatic N) is 3. The molecule has 0 bridgehead atoms. The van der Waals surface area contributed by atoms with Gasteiger partial charge in [0.15, 0.2) is 0 Å². The van der Waals surface area contributed by atoms with Crippen LogP contribution in [-0.4, -0.2) is 13.0 Å². The summed E-state index contributed by atoms with van der Waals surface area (Å²) in [6.45, 7) is 0. The third-order valence-electron chi connectivity index (χ3n) is 10.9. The zero-order chi connectivity index (χ0) is 35.4. The molecule has 0 unspecified atom stereocenters. The average molecular weight is 703 g/mol. The maximum Gasteiger partial charge on any atom is 0.0991 e. The van der Waals surface area contributed by atoms with Crippen molar-refractivity contribution in [2.45, 2.75) is 12.8 Å². The molecule has 0 atom stereocenters. The first-order chi connectivity index (χ1) is 26.3. The molecule has 1 aliphatic rings. The van der Waals surface area contributed by atoms with Gasteiger partial charge in [-0.3, -0.25) is 0 Å². The fraction of sp³-hybridized carbons (Fsp3) is 0.0392. The molecule has 55 heavy (non-hydrogen) atoms. The minimum atomic E-state index is -0.520. The van der Waals surface area contributed by atoms with Crippen molar-refractivity contribution in [3.05, 3.63) is 228 Å². The Bertz CT molecular complexity index is 2800. The van der Waals surface area contributed by atoms with E-state index in [4.69, 9.17) is 0 Å². The largest absolute Gasteiger partial charge is 0.310 e. The van der Waals surface area contributed by atoms with Crippen LogP contribution in [0.15, 0.2) is 200 Å². The third-order valence-corrected chi connectivity index (χ3v) is 10.9. The van der Waals surface area contributed by atoms with Crippen molar-refractivity contribution >= 4 is 47.3 Å². The lowest BCUT2D eigenvalue weighted by atomic mass is 9.67. The van der Waals surface area contributed by atoms with Crippen LogP contribution in [0.3, 0.4) is 0 Å². The molecule has 0 saturated carbocycles. The van der Waals surface area contributed by atoms with Crippen LogP contribution >= 0.6 is 0 Å². The normalized spacial score (nSPS) is 12.2. The van der Waals surface area contributed by atoms with Gasteiger partial charge in [0.1, 0.15) is 0 Å². The molecule has 9 aromatic rings. The molecule has 10 rings (SSSR count). The zero-order valence-corrected chi connectivity index (χ0v) is 29.5. The summed E-state index contributed by atoms with van der Waals surface area (Å²) >= 11 is 0. The second-order valence-electron chi connectivity index (χ2n) is 13.6. The summed E-state index contributed by atoms with van der Waals surface area (Å²) in [5.41, 5.74) is 14.1. The monoisotopic (exact) mass is 702 g/mol. The van der Waals surface area contributed by atoms with Gasteiger partial charge in [-0.25, -0.2) is 0 Å². The molecule has 0 amide bonds. The van der Waals surface area contributed by atoms with Crippen LogP contribution in [0, 0.1) is 11.3 Å². The van der Waals surface area contributed by atoms with Gasteiger partial charge in [0.05, 0.1) is 28.1 Å². The van der Waals surface area contributed by atoms with Crippen molar-refractivity contribution < 1.29 is 0 Å². The fourth-order valence-electron chi connectivity index (χ4n) is 8.66. The van der Waals surface area contributed by atoms with E-state index in [0.717, 1.165) is 28.3 Å². The Morgan fingerprint density at radius 2 is 0.982 bits per heavy atom. The van der Waals surface area contributed by atoms with Crippen LogP contribution < -0.4 is 4.90 Å². The lowest BCUT2D eigenvalue weighted by Gasteiger charge is -2.35. The predicted octanol–water partition coefficient (Wildman–Crippen LogP) is 12.7. The molecule has 0 N–H and O–H groups in total. The molecule has 1 aliphatic carbocycles. The molecule has 3 radical (unpaired) electrons. The van der Waals surface area contributed by atoms with Gasteiger partial charge in [-0.1, -0.05) is 135 Å². The lowest BCUT2D eigenvalue weighted by Crippen LogP contribution is -2.28. The first-order valence-electron chi connectivity index (χ1n) is 18.0. The number of fused-ring (bicyclic) bond motifs is 6. The molecule has 0 spiro atoms. The Kier molecular flexibility index (Phi) is 8.93. The van der Waals surface area contributed by atoms with E-state index in [1.165, 1.54) is 49.7 Å². The van der Waals surface area contributed by atoms with Crippen LogP contribution in [-0.2, 0) is 5.41 Å². The van der Waals surface area contributed by atoms with Gasteiger partial charge < -0.3 is 9.47 Å². The van der Waals surface area contributed by atoms with Crippen molar-refractivity contribution in [3.8, 4) is 22.9 Å². The zero-order valence-electron chi connectivity index (χ0n) is 29.5. The minimum absolute atomic E-state index is 0. The number of benzene rings is 8. The van der Waals surface area contributed by atoms with Gasteiger partial charge in [-0.2, -0.15) is 5.26 Å². The quantitative estimate of drug-likeness (QED) is 0.162. The molecular weight excluding hydrogens is 665 g/mol. The van der Waals surface area contributed by atoms with Crippen LogP contribution in [0.4, 0.5) is 17.1 Å². The number of rotatable bonds is 6. The minimum Gasteiger partial charge on any atom is -0.310 e. The number of hydrogen-bond acceptors (Lipinski definition) is 2. The van der Waals surface area contributed by atoms with Gasteiger partial charge in [0.2, 0.25) is 0 Å². The fourth-order valence-corrected chi connectivity index (χ4v) is 8.66. The van der Waals surface area contributed by atoms with Crippen molar-refractivity contribution in [2.75, 3.05) is 4.90 Å². The van der Waals surface area contributed by atoms with E-state index in [0.29, 0.717) is 5.56 Å². The molecular formula is C51H37BN3. The molecule has 8 aromatic carbocycles.